The molecule has 0 heterocycles. The molecule has 0 spiro atoms. The third-order valence-corrected chi connectivity index (χ3v) is 4.93. The largest absolute Gasteiger partial charge is 0.206 e. The smallest absolute Gasteiger partial charge is 0.137 e. The van der Waals surface area contributed by atoms with E-state index in [1.54, 1.807) is 0 Å². The predicted molar refractivity (Wildman–Crippen MR) is 71.4 cm³/mol. The highest BCUT2D eigenvalue weighted by molar-refractivity contribution is 9.10. The van der Waals surface area contributed by atoms with Crippen LogP contribution in [-0.4, -0.2) is 5.75 Å². The molecule has 1 saturated carbocycles. The Bertz CT molecular complexity index is 348. The summed E-state index contributed by atoms with van der Waals surface area (Å²) >= 11 is 5.08. The van der Waals surface area contributed by atoms with Gasteiger partial charge in [-0.05, 0) is 52.9 Å². The monoisotopic (exact) mass is 302 g/mol. The molecule has 0 nitrogen and oxygen atoms in total. The molecule has 1 aromatic carbocycles. The molecule has 0 aromatic heterocycles. The van der Waals surface area contributed by atoms with Gasteiger partial charge in [-0.15, -0.1) is 11.8 Å². The molecule has 0 aliphatic heterocycles. The van der Waals surface area contributed by atoms with E-state index in [0.29, 0.717) is 4.47 Å². The van der Waals surface area contributed by atoms with Gasteiger partial charge in [0.1, 0.15) is 5.82 Å². The zero-order valence-corrected chi connectivity index (χ0v) is 11.6. The Morgan fingerprint density at radius 2 is 2.00 bits per heavy atom. The van der Waals surface area contributed by atoms with Gasteiger partial charge in [-0.3, -0.25) is 0 Å². The molecule has 0 bridgehead atoms. The van der Waals surface area contributed by atoms with Crippen LogP contribution in [0.15, 0.2) is 27.6 Å². The minimum absolute atomic E-state index is 0.179. The van der Waals surface area contributed by atoms with Crippen molar-refractivity contribution in [1.82, 2.24) is 0 Å². The quantitative estimate of drug-likeness (QED) is 0.686. The van der Waals surface area contributed by atoms with Crippen LogP contribution in [0.2, 0.25) is 0 Å². The minimum Gasteiger partial charge on any atom is -0.206 e. The standard InChI is InChI=1S/C13H16BrFS/c14-12-8-11(6-7-13(12)15)16-9-10-4-2-1-3-5-10/h6-8,10H,1-5,9H2. The van der Waals surface area contributed by atoms with Crippen molar-refractivity contribution in [3.8, 4) is 0 Å². The van der Waals surface area contributed by atoms with Gasteiger partial charge in [0.25, 0.3) is 0 Å². The Balaban J connectivity index is 1.86. The molecule has 0 N–H and O–H groups in total. The van der Waals surface area contributed by atoms with Gasteiger partial charge < -0.3 is 0 Å². The molecule has 2 rings (SSSR count). The van der Waals surface area contributed by atoms with Crippen molar-refractivity contribution in [3.63, 3.8) is 0 Å². The second-order valence-corrected chi connectivity index (χ2v) is 6.34. The van der Waals surface area contributed by atoms with Crippen molar-refractivity contribution < 1.29 is 4.39 Å². The summed E-state index contributed by atoms with van der Waals surface area (Å²) in [5.74, 6) is 1.86. The zero-order valence-electron chi connectivity index (χ0n) is 9.22. The van der Waals surface area contributed by atoms with Crippen LogP contribution >= 0.6 is 27.7 Å². The lowest BCUT2D eigenvalue weighted by Crippen LogP contribution is -2.08. The molecule has 16 heavy (non-hydrogen) atoms. The molecular formula is C13H16BrFS. The Kier molecular flexibility index (Phi) is 4.71. The lowest BCUT2D eigenvalue weighted by atomic mass is 9.91. The summed E-state index contributed by atoms with van der Waals surface area (Å²) in [6.07, 6.45) is 6.92. The van der Waals surface area contributed by atoms with E-state index >= 15 is 0 Å². The fourth-order valence-corrected chi connectivity index (χ4v) is 3.79. The summed E-state index contributed by atoms with van der Waals surface area (Å²) in [4.78, 5) is 1.17. The zero-order chi connectivity index (χ0) is 11.4. The molecule has 0 saturated heterocycles. The third-order valence-electron chi connectivity index (χ3n) is 3.10. The number of hydrogen-bond donors (Lipinski definition) is 0. The van der Waals surface area contributed by atoms with E-state index in [1.165, 1.54) is 48.8 Å². The number of thioether (sulfide) groups is 1. The highest BCUT2D eigenvalue weighted by Gasteiger charge is 2.13. The van der Waals surface area contributed by atoms with E-state index in [9.17, 15) is 4.39 Å². The van der Waals surface area contributed by atoms with Crippen LogP contribution in [0.4, 0.5) is 4.39 Å². The third kappa shape index (κ3) is 3.49. The average Bonchev–Trinajstić information content (AvgIpc) is 2.32. The van der Waals surface area contributed by atoms with Gasteiger partial charge in [-0.1, -0.05) is 19.3 Å². The van der Waals surface area contributed by atoms with Gasteiger partial charge >= 0.3 is 0 Å². The molecule has 0 unspecified atom stereocenters. The molecule has 0 radical (unpaired) electrons. The van der Waals surface area contributed by atoms with E-state index in [-0.39, 0.29) is 5.82 Å². The fraction of sp³-hybridized carbons (Fsp3) is 0.538. The molecule has 0 amide bonds. The second-order valence-electron chi connectivity index (χ2n) is 4.39. The van der Waals surface area contributed by atoms with Crippen molar-refractivity contribution in [2.75, 3.05) is 5.75 Å². The van der Waals surface area contributed by atoms with Crippen LogP contribution in [0.25, 0.3) is 0 Å². The Morgan fingerprint density at radius 3 is 2.69 bits per heavy atom. The van der Waals surface area contributed by atoms with Crippen molar-refractivity contribution in [2.24, 2.45) is 5.92 Å². The molecule has 1 aliphatic carbocycles. The predicted octanol–water partition coefficient (Wildman–Crippen LogP) is 5.26. The first-order valence-electron chi connectivity index (χ1n) is 5.83. The van der Waals surface area contributed by atoms with Gasteiger partial charge in [-0.2, -0.15) is 0 Å². The second kappa shape index (κ2) is 6.06. The van der Waals surface area contributed by atoms with Crippen LogP contribution in [0, 0.1) is 11.7 Å². The highest BCUT2D eigenvalue weighted by Crippen LogP contribution is 2.31. The molecule has 88 valence electrons. The SMILES string of the molecule is Fc1ccc(SCC2CCCCC2)cc1Br. The van der Waals surface area contributed by atoms with Crippen LogP contribution in [0.1, 0.15) is 32.1 Å². The van der Waals surface area contributed by atoms with E-state index in [0.717, 1.165) is 5.92 Å². The van der Waals surface area contributed by atoms with Crippen molar-refractivity contribution in [1.29, 1.82) is 0 Å². The lowest BCUT2D eigenvalue weighted by molar-refractivity contribution is 0.391. The van der Waals surface area contributed by atoms with Gasteiger partial charge in [0.15, 0.2) is 0 Å². The molecular weight excluding hydrogens is 287 g/mol. The van der Waals surface area contributed by atoms with Crippen LogP contribution in [0.3, 0.4) is 0 Å². The van der Waals surface area contributed by atoms with E-state index in [2.05, 4.69) is 15.9 Å². The van der Waals surface area contributed by atoms with Gasteiger partial charge in [0.05, 0.1) is 4.47 Å². The topological polar surface area (TPSA) is 0 Å². The summed E-state index contributed by atoms with van der Waals surface area (Å²) in [6.45, 7) is 0. The van der Waals surface area contributed by atoms with E-state index in [1.807, 2.05) is 23.9 Å². The Morgan fingerprint density at radius 1 is 1.25 bits per heavy atom. The first-order chi connectivity index (χ1) is 7.75. The van der Waals surface area contributed by atoms with E-state index < -0.39 is 0 Å². The van der Waals surface area contributed by atoms with Crippen molar-refractivity contribution in [2.45, 2.75) is 37.0 Å². The van der Waals surface area contributed by atoms with Gasteiger partial charge in [-0.25, -0.2) is 4.39 Å². The maximum Gasteiger partial charge on any atom is 0.137 e. The maximum absolute atomic E-state index is 13.0. The first-order valence-corrected chi connectivity index (χ1v) is 7.61. The van der Waals surface area contributed by atoms with Crippen LogP contribution in [0.5, 0.6) is 0 Å². The summed E-state index contributed by atoms with van der Waals surface area (Å²) in [5.41, 5.74) is 0. The van der Waals surface area contributed by atoms with Crippen molar-refractivity contribution >= 4 is 27.7 Å². The van der Waals surface area contributed by atoms with Crippen LogP contribution in [-0.2, 0) is 0 Å². The molecule has 3 heteroatoms. The van der Waals surface area contributed by atoms with Gasteiger partial charge in [0.2, 0.25) is 0 Å². The number of halogens is 2. The maximum atomic E-state index is 13.0. The highest BCUT2D eigenvalue weighted by atomic mass is 79.9. The summed E-state index contributed by atoms with van der Waals surface area (Å²) in [5, 5.41) is 0. The Hall–Kier alpha value is -0.0200. The Labute approximate surface area is 109 Å². The number of rotatable bonds is 3. The normalized spacial score (nSPS) is 17.6. The van der Waals surface area contributed by atoms with Gasteiger partial charge in [0, 0.05) is 10.6 Å². The van der Waals surface area contributed by atoms with E-state index in [4.69, 9.17) is 0 Å². The summed E-state index contributed by atoms with van der Waals surface area (Å²) in [7, 11) is 0. The lowest BCUT2D eigenvalue weighted by Gasteiger charge is -2.20. The molecule has 1 aromatic rings. The summed E-state index contributed by atoms with van der Waals surface area (Å²) < 4.78 is 13.6. The minimum atomic E-state index is -0.179. The molecule has 0 atom stereocenters. The number of benzene rings is 1. The van der Waals surface area contributed by atoms with Crippen molar-refractivity contribution in [3.05, 3.63) is 28.5 Å². The fourth-order valence-electron chi connectivity index (χ4n) is 2.13. The summed E-state index contributed by atoms with van der Waals surface area (Å²) in [6, 6.07) is 5.28. The molecule has 1 fully saturated rings. The molecule has 1 aliphatic rings. The number of hydrogen-bond acceptors (Lipinski definition) is 1. The average molecular weight is 303 g/mol. The first kappa shape index (κ1) is 12.4. The van der Waals surface area contributed by atoms with Crippen LogP contribution < -0.4 is 0 Å².